The predicted octanol–water partition coefficient (Wildman–Crippen LogP) is 3.03. The number of amides is 1. The molecule has 164 valence electrons. The van der Waals surface area contributed by atoms with E-state index in [1.807, 2.05) is 35.9 Å². The van der Waals surface area contributed by atoms with Gasteiger partial charge in [-0.15, -0.1) is 0 Å². The number of carbonyl (C=O) groups excluding carboxylic acids is 1. The van der Waals surface area contributed by atoms with Gasteiger partial charge in [0, 0.05) is 29.5 Å². The Morgan fingerprint density at radius 1 is 0.969 bits per heavy atom. The van der Waals surface area contributed by atoms with E-state index in [0.29, 0.717) is 22.8 Å². The molecular formula is C22H22N6O3S. The number of benzene rings is 1. The van der Waals surface area contributed by atoms with Gasteiger partial charge in [0.1, 0.15) is 5.65 Å². The lowest BCUT2D eigenvalue weighted by Gasteiger charge is -2.09. The van der Waals surface area contributed by atoms with E-state index >= 15 is 0 Å². The summed E-state index contributed by atoms with van der Waals surface area (Å²) < 4.78 is 29.5. The molecule has 32 heavy (non-hydrogen) atoms. The van der Waals surface area contributed by atoms with Crippen molar-refractivity contribution in [2.75, 3.05) is 10.0 Å². The Bertz CT molecular complexity index is 1390. The minimum absolute atomic E-state index is 0.0162. The molecule has 0 aliphatic carbocycles. The lowest BCUT2D eigenvalue weighted by molar-refractivity contribution is -0.115. The Balaban J connectivity index is 1.42. The molecule has 0 fully saturated rings. The summed E-state index contributed by atoms with van der Waals surface area (Å²) in [5, 5.41) is 2.76. The summed E-state index contributed by atoms with van der Waals surface area (Å²) in [5.41, 5.74) is 4.32. The van der Waals surface area contributed by atoms with Crippen LogP contribution in [0.15, 0.2) is 59.8 Å². The summed E-state index contributed by atoms with van der Waals surface area (Å²) in [7, 11) is -3.86. The first kappa shape index (κ1) is 21.4. The molecule has 1 aromatic carbocycles. The molecule has 0 saturated carbocycles. The molecule has 9 nitrogen and oxygen atoms in total. The highest BCUT2D eigenvalue weighted by molar-refractivity contribution is 7.92. The van der Waals surface area contributed by atoms with Crippen LogP contribution < -0.4 is 10.0 Å². The Morgan fingerprint density at radius 2 is 1.66 bits per heavy atom. The number of hydrogen-bond acceptors (Lipinski definition) is 6. The van der Waals surface area contributed by atoms with Crippen LogP contribution in [-0.4, -0.2) is 33.7 Å². The number of anilines is 2. The first-order valence-electron chi connectivity index (χ1n) is 9.87. The van der Waals surface area contributed by atoms with E-state index in [1.54, 1.807) is 19.9 Å². The van der Waals surface area contributed by atoms with Crippen molar-refractivity contribution in [3.8, 4) is 0 Å². The fourth-order valence-electron chi connectivity index (χ4n) is 3.26. The molecule has 0 unspecified atom stereocenters. The maximum Gasteiger partial charge on any atom is 0.264 e. The third kappa shape index (κ3) is 4.92. The molecule has 0 bridgehead atoms. The SMILES string of the molecule is Cc1ccn2cc(CC(=O)Nc3ccc(S(=O)(=O)Nc4nc(C)cc(C)n4)cc3)nc2c1. The van der Waals surface area contributed by atoms with Gasteiger partial charge in [0.2, 0.25) is 11.9 Å². The highest BCUT2D eigenvalue weighted by Gasteiger charge is 2.16. The number of aromatic nitrogens is 4. The standard InChI is InChI=1S/C22H22N6O3S/c1-14-8-9-28-13-18(25-20(28)10-14)12-21(29)26-17-4-6-19(7-5-17)32(30,31)27-22-23-15(2)11-16(3)24-22/h4-11,13H,12H2,1-3H3,(H,26,29)(H,23,24,27). The third-order valence-corrected chi connectivity index (χ3v) is 6.01. The van der Waals surface area contributed by atoms with Crippen LogP contribution in [0.3, 0.4) is 0 Å². The fraction of sp³-hybridized carbons (Fsp3) is 0.182. The smallest absolute Gasteiger partial charge is 0.264 e. The van der Waals surface area contributed by atoms with Gasteiger partial charge in [-0.25, -0.2) is 28.1 Å². The molecule has 3 heterocycles. The van der Waals surface area contributed by atoms with Gasteiger partial charge in [-0.05, 0) is 68.8 Å². The van der Waals surface area contributed by atoms with Crippen LogP contribution in [-0.2, 0) is 21.2 Å². The highest BCUT2D eigenvalue weighted by Crippen LogP contribution is 2.17. The maximum absolute atomic E-state index is 12.6. The molecule has 1 amide bonds. The van der Waals surface area contributed by atoms with Crippen molar-refractivity contribution in [1.29, 1.82) is 0 Å². The summed E-state index contributed by atoms with van der Waals surface area (Å²) in [5.74, 6) is -0.231. The Kier molecular flexibility index (Phi) is 5.62. The zero-order valence-corrected chi connectivity index (χ0v) is 18.6. The zero-order valence-electron chi connectivity index (χ0n) is 17.8. The van der Waals surface area contributed by atoms with Gasteiger partial charge >= 0.3 is 0 Å². The van der Waals surface area contributed by atoms with Gasteiger partial charge in [0.05, 0.1) is 17.0 Å². The van der Waals surface area contributed by atoms with E-state index in [9.17, 15) is 13.2 Å². The summed E-state index contributed by atoms with van der Waals surface area (Å²) in [6, 6.07) is 11.5. The average Bonchev–Trinajstić information content (AvgIpc) is 3.08. The van der Waals surface area contributed by atoms with Crippen LogP contribution in [0.4, 0.5) is 11.6 Å². The Morgan fingerprint density at radius 3 is 2.34 bits per heavy atom. The van der Waals surface area contributed by atoms with E-state index in [4.69, 9.17) is 0 Å². The van der Waals surface area contributed by atoms with Gasteiger partial charge in [0.15, 0.2) is 0 Å². The summed E-state index contributed by atoms with van der Waals surface area (Å²) >= 11 is 0. The predicted molar refractivity (Wildman–Crippen MR) is 121 cm³/mol. The van der Waals surface area contributed by atoms with Crippen molar-refractivity contribution in [2.24, 2.45) is 0 Å². The van der Waals surface area contributed by atoms with E-state index in [2.05, 4.69) is 25.0 Å². The van der Waals surface area contributed by atoms with Crippen LogP contribution in [0, 0.1) is 20.8 Å². The van der Waals surface area contributed by atoms with E-state index in [1.165, 1.54) is 24.3 Å². The highest BCUT2D eigenvalue weighted by atomic mass is 32.2. The lowest BCUT2D eigenvalue weighted by Crippen LogP contribution is -2.16. The Labute approximate surface area is 185 Å². The van der Waals surface area contributed by atoms with Gasteiger partial charge in [0.25, 0.3) is 10.0 Å². The molecular weight excluding hydrogens is 428 g/mol. The van der Waals surface area contributed by atoms with E-state index < -0.39 is 10.0 Å². The third-order valence-electron chi connectivity index (χ3n) is 4.66. The number of aryl methyl sites for hydroxylation is 3. The largest absolute Gasteiger partial charge is 0.326 e. The minimum atomic E-state index is -3.86. The molecule has 0 saturated heterocycles. The van der Waals surface area contributed by atoms with Crippen molar-refractivity contribution >= 4 is 33.2 Å². The maximum atomic E-state index is 12.6. The molecule has 0 aliphatic heterocycles. The minimum Gasteiger partial charge on any atom is -0.326 e. The number of hydrogen-bond donors (Lipinski definition) is 2. The van der Waals surface area contributed by atoms with Gasteiger partial charge in [-0.2, -0.15) is 0 Å². The number of fused-ring (bicyclic) bond motifs is 1. The van der Waals surface area contributed by atoms with Crippen LogP contribution in [0.2, 0.25) is 0 Å². The number of imidazole rings is 1. The quantitative estimate of drug-likeness (QED) is 0.466. The van der Waals surface area contributed by atoms with Crippen molar-refractivity contribution in [1.82, 2.24) is 19.4 Å². The molecule has 4 aromatic rings. The number of nitrogens with zero attached hydrogens (tertiary/aromatic N) is 4. The first-order valence-corrected chi connectivity index (χ1v) is 11.4. The molecule has 3 aromatic heterocycles. The first-order chi connectivity index (χ1) is 15.2. The molecule has 0 atom stereocenters. The van der Waals surface area contributed by atoms with Crippen molar-refractivity contribution < 1.29 is 13.2 Å². The van der Waals surface area contributed by atoms with E-state index in [-0.39, 0.29) is 23.2 Å². The fourth-order valence-corrected chi connectivity index (χ4v) is 4.20. The van der Waals surface area contributed by atoms with Gasteiger partial charge in [-0.1, -0.05) is 0 Å². The van der Waals surface area contributed by atoms with Crippen LogP contribution in [0.5, 0.6) is 0 Å². The van der Waals surface area contributed by atoms with Crippen molar-refractivity contribution in [3.63, 3.8) is 0 Å². The average molecular weight is 451 g/mol. The second-order valence-corrected chi connectivity index (χ2v) is 9.21. The van der Waals surface area contributed by atoms with Crippen LogP contribution >= 0.6 is 0 Å². The Hall–Kier alpha value is -3.79. The van der Waals surface area contributed by atoms with Crippen LogP contribution in [0.1, 0.15) is 22.6 Å². The second kappa shape index (κ2) is 8.39. The number of nitrogens with one attached hydrogen (secondary N) is 2. The van der Waals surface area contributed by atoms with Gasteiger partial charge in [-0.3, -0.25) is 4.79 Å². The monoisotopic (exact) mass is 450 g/mol. The summed E-state index contributed by atoms with van der Waals surface area (Å²) in [6.45, 7) is 5.50. The van der Waals surface area contributed by atoms with Crippen molar-refractivity contribution in [3.05, 3.63) is 77.5 Å². The molecule has 10 heteroatoms. The zero-order chi connectivity index (χ0) is 22.9. The van der Waals surface area contributed by atoms with Crippen LogP contribution in [0.25, 0.3) is 5.65 Å². The molecule has 2 N–H and O–H groups in total. The van der Waals surface area contributed by atoms with Crippen molar-refractivity contribution in [2.45, 2.75) is 32.1 Å². The molecule has 0 aliphatic rings. The normalized spacial score (nSPS) is 11.5. The number of pyridine rings is 1. The molecule has 0 radical (unpaired) electrons. The second-order valence-electron chi connectivity index (χ2n) is 7.53. The van der Waals surface area contributed by atoms with Gasteiger partial charge < -0.3 is 9.72 Å². The van der Waals surface area contributed by atoms with E-state index in [0.717, 1.165) is 11.2 Å². The summed E-state index contributed by atoms with van der Waals surface area (Å²) in [6.07, 6.45) is 3.81. The molecule has 0 spiro atoms. The number of rotatable bonds is 6. The number of sulfonamides is 1. The summed E-state index contributed by atoms with van der Waals surface area (Å²) in [4.78, 5) is 25.1. The number of carbonyl (C=O) groups is 1. The lowest BCUT2D eigenvalue weighted by atomic mass is 10.3. The molecule has 4 rings (SSSR count). The topological polar surface area (TPSA) is 118 Å².